The Hall–Kier alpha value is -1.05. The third kappa shape index (κ3) is 3.04. The van der Waals surface area contributed by atoms with E-state index >= 15 is 0 Å². The quantitative estimate of drug-likeness (QED) is 0.728. The fourth-order valence-corrected chi connectivity index (χ4v) is 2.49. The summed E-state index contributed by atoms with van der Waals surface area (Å²) >= 11 is 1.38. The minimum Gasteiger partial charge on any atom is -0.392 e. The second-order valence-corrected chi connectivity index (χ2v) is 6.48. The summed E-state index contributed by atoms with van der Waals surface area (Å²) in [6, 6.07) is -0.345. The van der Waals surface area contributed by atoms with Crippen molar-refractivity contribution in [2.75, 3.05) is 11.9 Å². The zero-order chi connectivity index (χ0) is 13.3. The molecular weight excluding hydrogens is 252 g/mol. The lowest BCUT2D eigenvalue weighted by Crippen LogP contribution is -2.35. The molecule has 0 saturated carbocycles. The molecule has 1 amide bonds. The normalized spacial score (nSPS) is 24.2. The number of rotatable bonds is 2. The molecule has 0 unspecified atom stereocenters. The number of nitrogens with one attached hydrogen (secondary N) is 2. The number of anilines is 1. The minimum atomic E-state index is -0.444. The first kappa shape index (κ1) is 13.4. The number of nitrogens with zero attached hydrogens (tertiary/aromatic N) is 2. The van der Waals surface area contributed by atoms with E-state index in [-0.39, 0.29) is 17.4 Å². The molecule has 2 rings (SSSR count). The van der Waals surface area contributed by atoms with Crippen LogP contribution in [0.3, 0.4) is 0 Å². The fourth-order valence-electron chi connectivity index (χ4n) is 1.69. The SMILES string of the molecule is CC(C)(C)c1nnc(NC(=O)[C@@H]2C[C@@H](O)CN2)s1. The van der Waals surface area contributed by atoms with Gasteiger partial charge in [0.1, 0.15) is 5.01 Å². The number of aliphatic hydroxyl groups is 1. The summed E-state index contributed by atoms with van der Waals surface area (Å²) in [5.41, 5.74) is -0.0670. The highest BCUT2D eigenvalue weighted by Gasteiger charge is 2.29. The number of carbonyl (C=O) groups is 1. The van der Waals surface area contributed by atoms with Crippen LogP contribution < -0.4 is 10.6 Å². The maximum Gasteiger partial charge on any atom is 0.243 e. The van der Waals surface area contributed by atoms with Gasteiger partial charge in [-0.25, -0.2) is 0 Å². The Morgan fingerprint density at radius 2 is 2.22 bits per heavy atom. The van der Waals surface area contributed by atoms with Crippen LogP contribution in [0.15, 0.2) is 0 Å². The number of aromatic nitrogens is 2. The van der Waals surface area contributed by atoms with Crippen LogP contribution in [0.4, 0.5) is 5.13 Å². The molecule has 6 nitrogen and oxygen atoms in total. The van der Waals surface area contributed by atoms with Crippen LogP contribution in [-0.2, 0) is 10.2 Å². The third-order valence-corrected chi connectivity index (χ3v) is 3.99. The zero-order valence-electron chi connectivity index (χ0n) is 10.7. The number of carbonyl (C=O) groups excluding carboxylic acids is 1. The summed E-state index contributed by atoms with van der Waals surface area (Å²) in [4.78, 5) is 11.9. The number of aliphatic hydroxyl groups excluding tert-OH is 1. The van der Waals surface area contributed by atoms with Crippen molar-refractivity contribution < 1.29 is 9.90 Å². The first-order chi connectivity index (χ1) is 8.36. The molecule has 1 saturated heterocycles. The summed E-state index contributed by atoms with van der Waals surface area (Å²) < 4.78 is 0. The molecule has 1 aliphatic heterocycles. The Labute approximate surface area is 110 Å². The van der Waals surface area contributed by atoms with Crippen LogP contribution in [-0.4, -0.2) is 39.9 Å². The van der Waals surface area contributed by atoms with Crippen LogP contribution >= 0.6 is 11.3 Å². The van der Waals surface area contributed by atoms with E-state index in [4.69, 9.17) is 0 Å². The second-order valence-electron chi connectivity index (χ2n) is 5.50. The number of hydrogen-bond donors (Lipinski definition) is 3. The van der Waals surface area contributed by atoms with Crippen molar-refractivity contribution in [2.24, 2.45) is 0 Å². The smallest absolute Gasteiger partial charge is 0.243 e. The van der Waals surface area contributed by atoms with Gasteiger partial charge in [0.05, 0.1) is 12.1 Å². The van der Waals surface area contributed by atoms with Crippen LogP contribution in [0.25, 0.3) is 0 Å². The van der Waals surface area contributed by atoms with E-state index in [9.17, 15) is 9.90 Å². The van der Waals surface area contributed by atoms with Gasteiger partial charge < -0.3 is 10.4 Å². The van der Waals surface area contributed by atoms with Gasteiger partial charge in [0.2, 0.25) is 11.0 Å². The van der Waals surface area contributed by atoms with E-state index in [0.29, 0.717) is 18.1 Å². The molecule has 0 radical (unpaired) electrons. The molecule has 2 heterocycles. The Kier molecular flexibility index (Phi) is 3.65. The minimum absolute atomic E-state index is 0.0670. The Bertz CT molecular complexity index is 440. The second kappa shape index (κ2) is 4.91. The summed E-state index contributed by atoms with van der Waals surface area (Å²) in [5, 5.41) is 24.5. The molecule has 0 aliphatic carbocycles. The van der Waals surface area contributed by atoms with Gasteiger partial charge in [0.25, 0.3) is 0 Å². The average molecular weight is 270 g/mol. The van der Waals surface area contributed by atoms with Crippen LogP contribution in [0.2, 0.25) is 0 Å². The van der Waals surface area contributed by atoms with Crippen molar-refractivity contribution in [1.29, 1.82) is 0 Å². The van der Waals surface area contributed by atoms with Gasteiger partial charge in [0, 0.05) is 12.0 Å². The average Bonchev–Trinajstić information content (AvgIpc) is 2.85. The summed E-state index contributed by atoms with van der Waals surface area (Å²) in [6.45, 7) is 6.61. The van der Waals surface area contributed by atoms with E-state index in [1.807, 2.05) is 20.8 Å². The topological polar surface area (TPSA) is 87.1 Å². The molecule has 100 valence electrons. The molecule has 2 atom stereocenters. The molecule has 3 N–H and O–H groups in total. The molecule has 1 aromatic heterocycles. The number of β-amino-alcohol motifs (C(OH)–C–C–N with tert-alkyl or cyclic N) is 1. The van der Waals surface area contributed by atoms with Crippen LogP contribution in [0.1, 0.15) is 32.2 Å². The van der Waals surface area contributed by atoms with Crippen molar-refractivity contribution in [3.8, 4) is 0 Å². The fraction of sp³-hybridized carbons (Fsp3) is 0.727. The predicted octanol–water partition coefficient (Wildman–Crippen LogP) is 0.497. The number of hydrogen-bond acceptors (Lipinski definition) is 6. The summed E-state index contributed by atoms with van der Waals surface area (Å²) in [6.07, 6.45) is -0.00293. The summed E-state index contributed by atoms with van der Waals surface area (Å²) in [5.74, 6) is -0.164. The highest BCUT2D eigenvalue weighted by Crippen LogP contribution is 2.27. The lowest BCUT2D eigenvalue weighted by atomic mass is 9.98. The van der Waals surface area contributed by atoms with E-state index in [1.54, 1.807) is 0 Å². The lowest BCUT2D eigenvalue weighted by Gasteiger charge is -2.12. The highest BCUT2D eigenvalue weighted by atomic mass is 32.1. The van der Waals surface area contributed by atoms with E-state index < -0.39 is 6.10 Å². The molecule has 7 heteroatoms. The Morgan fingerprint density at radius 1 is 1.50 bits per heavy atom. The first-order valence-electron chi connectivity index (χ1n) is 5.92. The number of amides is 1. The van der Waals surface area contributed by atoms with Crippen molar-refractivity contribution in [1.82, 2.24) is 15.5 Å². The largest absolute Gasteiger partial charge is 0.392 e. The third-order valence-electron chi connectivity index (χ3n) is 2.72. The molecule has 0 spiro atoms. The van der Waals surface area contributed by atoms with E-state index in [1.165, 1.54) is 11.3 Å². The van der Waals surface area contributed by atoms with Crippen LogP contribution in [0.5, 0.6) is 0 Å². The first-order valence-corrected chi connectivity index (χ1v) is 6.74. The van der Waals surface area contributed by atoms with Crippen LogP contribution in [0, 0.1) is 0 Å². The van der Waals surface area contributed by atoms with Crippen molar-refractivity contribution >= 4 is 22.4 Å². The molecule has 1 aliphatic rings. The standard InChI is InChI=1S/C11H18N4O2S/c1-11(2,3)9-14-15-10(18-9)13-8(17)7-4-6(16)5-12-7/h6-7,12,16H,4-5H2,1-3H3,(H,13,15,17)/t6-,7+/m1/s1. The van der Waals surface area contributed by atoms with Crippen molar-refractivity contribution in [3.63, 3.8) is 0 Å². The lowest BCUT2D eigenvalue weighted by molar-refractivity contribution is -0.117. The van der Waals surface area contributed by atoms with Crippen molar-refractivity contribution in [3.05, 3.63) is 5.01 Å². The zero-order valence-corrected chi connectivity index (χ0v) is 11.5. The molecule has 0 bridgehead atoms. The molecule has 0 aromatic carbocycles. The van der Waals surface area contributed by atoms with Crippen molar-refractivity contribution in [2.45, 2.75) is 44.8 Å². The van der Waals surface area contributed by atoms with Gasteiger partial charge in [-0.3, -0.25) is 10.1 Å². The molecule has 1 aromatic rings. The molecule has 18 heavy (non-hydrogen) atoms. The molecule has 1 fully saturated rings. The monoisotopic (exact) mass is 270 g/mol. The van der Waals surface area contributed by atoms with Gasteiger partial charge in [-0.05, 0) is 6.42 Å². The summed E-state index contributed by atoms with van der Waals surface area (Å²) in [7, 11) is 0. The van der Waals surface area contributed by atoms with Gasteiger partial charge in [-0.2, -0.15) is 0 Å². The predicted molar refractivity (Wildman–Crippen MR) is 69.7 cm³/mol. The molecular formula is C11H18N4O2S. The maximum atomic E-state index is 11.9. The highest BCUT2D eigenvalue weighted by molar-refractivity contribution is 7.15. The van der Waals surface area contributed by atoms with Gasteiger partial charge in [-0.15, -0.1) is 10.2 Å². The van der Waals surface area contributed by atoms with E-state index in [0.717, 1.165) is 5.01 Å². The van der Waals surface area contributed by atoms with Gasteiger partial charge in [0.15, 0.2) is 0 Å². The van der Waals surface area contributed by atoms with Gasteiger partial charge in [-0.1, -0.05) is 32.1 Å². The van der Waals surface area contributed by atoms with Gasteiger partial charge >= 0.3 is 0 Å². The van der Waals surface area contributed by atoms with E-state index in [2.05, 4.69) is 20.8 Å². The maximum absolute atomic E-state index is 11.9. The Morgan fingerprint density at radius 3 is 2.72 bits per heavy atom. The Balaban J connectivity index is 1.97.